The van der Waals surface area contributed by atoms with Gasteiger partial charge in [-0.2, -0.15) is 0 Å². The Labute approximate surface area is 108 Å². The number of carboxylic acid groups (broad SMARTS) is 1. The van der Waals surface area contributed by atoms with Crippen LogP contribution in [-0.2, 0) is 4.79 Å². The molecule has 102 valence electrons. The molecule has 2 amide bonds. The molecule has 0 aliphatic heterocycles. The van der Waals surface area contributed by atoms with Gasteiger partial charge in [0.2, 0.25) is 0 Å². The van der Waals surface area contributed by atoms with Crippen molar-refractivity contribution in [2.24, 2.45) is 0 Å². The summed E-state index contributed by atoms with van der Waals surface area (Å²) in [4.78, 5) is 23.2. The van der Waals surface area contributed by atoms with Crippen LogP contribution in [0.25, 0.3) is 0 Å². The zero-order valence-electron chi connectivity index (χ0n) is 10.9. The van der Waals surface area contributed by atoms with Gasteiger partial charge in [-0.1, -0.05) is 31.8 Å². The Hall–Kier alpha value is -1.52. The molecular weight excluding hydrogens is 232 g/mol. The molecule has 18 heavy (non-hydrogen) atoms. The van der Waals surface area contributed by atoms with Crippen molar-refractivity contribution in [3.63, 3.8) is 0 Å². The van der Waals surface area contributed by atoms with E-state index < -0.39 is 17.5 Å². The highest BCUT2D eigenvalue weighted by Gasteiger charge is 2.40. The van der Waals surface area contributed by atoms with Crippen LogP contribution >= 0.6 is 0 Å². The second-order valence-electron chi connectivity index (χ2n) is 4.92. The van der Waals surface area contributed by atoms with Crippen molar-refractivity contribution < 1.29 is 14.7 Å². The second-order valence-corrected chi connectivity index (χ2v) is 4.92. The van der Waals surface area contributed by atoms with Gasteiger partial charge in [-0.15, -0.1) is 6.58 Å². The Bertz CT molecular complexity index is 320. The normalized spacial score (nSPS) is 20.3. The maximum absolute atomic E-state index is 11.8. The van der Waals surface area contributed by atoms with E-state index in [9.17, 15) is 14.7 Å². The number of hydrogen-bond donors (Lipinski definition) is 3. The minimum absolute atomic E-state index is 0.179. The Balaban J connectivity index is 2.69. The average molecular weight is 254 g/mol. The van der Waals surface area contributed by atoms with E-state index in [4.69, 9.17) is 0 Å². The van der Waals surface area contributed by atoms with E-state index >= 15 is 0 Å². The zero-order valence-corrected chi connectivity index (χ0v) is 10.9. The van der Waals surface area contributed by atoms with E-state index in [0.29, 0.717) is 12.8 Å². The lowest BCUT2D eigenvalue weighted by Crippen LogP contribution is -2.57. The van der Waals surface area contributed by atoms with Crippen molar-refractivity contribution in [1.29, 1.82) is 0 Å². The van der Waals surface area contributed by atoms with Crippen molar-refractivity contribution in [2.75, 3.05) is 0 Å². The lowest BCUT2D eigenvalue weighted by Gasteiger charge is -2.29. The van der Waals surface area contributed by atoms with Gasteiger partial charge in [-0.05, 0) is 19.8 Å². The summed E-state index contributed by atoms with van der Waals surface area (Å²) in [7, 11) is 0. The maximum Gasteiger partial charge on any atom is 0.329 e. The van der Waals surface area contributed by atoms with E-state index in [0.717, 1.165) is 25.7 Å². The Morgan fingerprint density at radius 3 is 2.28 bits per heavy atom. The summed E-state index contributed by atoms with van der Waals surface area (Å²) in [6, 6.07) is -0.617. The van der Waals surface area contributed by atoms with Crippen LogP contribution in [0.2, 0.25) is 0 Å². The number of rotatable bonds is 4. The number of carbonyl (C=O) groups excluding carboxylic acids is 1. The van der Waals surface area contributed by atoms with E-state index in [1.807, 2.05) is 0 Å². The van der Waals surface area contributed by atoms with E-state index in [1.165, 1.54) is 0 Å². The van der Waals surface area contributed by atoms with Crippen molar-refractivity contribution in [2.45, 2.75) is 57.0 Å². The predicted octanol–water partition coefficient (Wildman–Crippen LogP) is 2.04. The molecule has 0 heterocycles. The lowest BCUT2D eigenvalue weighted by atomic mass is 9.90. The molecule has 0 spiro atoms. The largest absolute Gasteiger partial charge is 0.480 e. The number of nitrogens with one attached hydrogen (secondary N) is 2. The van der Waals surface area contributed by atoms with Gasteiger partial charge in [0, 0.05) is 6.04 Å². The first-order valence-corrected chi connectivity index (χ1v) is 6.45. The van der Waals surface area contributed by atoms with Gasteiger partial charge in [0.15, 0.2) is 0 Å². The fraction of sp³-hybridized carbons (Fsp3) is 0.692. The van der Waals surface area contributed by atoms with Crippen molar-refractivity contribution in [3.8, 4) is 0 Å². The third-order valence-electron chi connectivity index (χ3n) is 3.43. The average Bonchev–Trinajstić information content (AvgIpc) is 2.55. The highest BCUT2D eigenvalue weighted by Crippen LogP contribution is 2.27. The van der Waals surface area contributed by atoms with E-state index in [1.54, 1.807) is 13.0 Å². The minimum Gasteiger partial charge on any atom is -0.480 e. The molecule has 1 fully saturated rings. The first-order valence-electron chi connectivity index (χ1n) is 6.45. The van der Waals surface area contributed by atoms with E-state index in [2.05, 4.69) is 17.2 Å². The smallest absolute Gasteiger partial charge is 0.329 e. The molecule has 1 atom stereocenters. The van der Waals surface area contributed by atoms with Gasteiger partial charge < -0.3 is 15.7 Å². The molecule has 5 heteroatoms. The molecule has 0 aromatic heterocycles. The van der Waals surface area contributed by atoms with Crippen LogP contribution in [0.5, 0.6) is 0 Å². The first kappa shape index (κ1) is 14.5. The molecule has 1 saturated carbocycles. The SMILES string of the molecule is C=CC(C)NC(=O)NC1(C(=O)O)CCCCCC1. The molecule has 1 rings (SSSR count). The van der Waals surface area contributed by atoms with Crippen LogP contribution in [0, 0.1) is 0 Å². The predicted molar refractivity (Wildman–Crippen MR) is 69.4 cm³/mol. The molecule has 1 aliphatic carbocycles. The molecule has 0 aromatic rings. The van der Waals surface area contributed by atoms with Crippen LogP contribution in [0.4, 0.5) is 4.79 Å². The highest BCUT2D eigenvalue weighted by molar-refractivity contribution is 5.86. The number of aliphatic carboxylic acids is 1. The van der Waals surface area contributed by atoms with Crippen molar-refractivity contribution in [3.05, 3.63) is 12.7 Å². The summed E-state index contributed by atoms with van der Waals surface area (Å²) in [6.07, 6.45) is 6.33. The van der Waals surface area contributed by atoms with Crippen LogP contribution in [-0.4, -0.2) is 28.7 Å². The Morgan fingerprint density at radius 1 is 1.28 bits per heavy atom. The van der Waals surface area contributed by atoms with Crippen LogP contribution in [0.15, 0.2) is 12.7 Å². The van der Waals surface area contributed by atoms with Crippen LogP contribution in [0.1, 0.15) is 45.4 Å². The maximum atomic E-state index is 11.8. The monoisotopic (exact) mass is 254 g/mol. The van der Waals surface area contributed by atoms with Gasteiger partial charge in [0.1, 0.15) is 5.54 Å². The van der Waals surface area contributed by atoms with E-state index in [-0.39, 0.29) is 6.04 Å². The first-order chi connectivity index (χ1) is 8.50. The van der Waals surface area contributed by atoms with Crippen LogP contribution in [0.3, 0.4) is 0 Å². The molecule has 5 nitrogen and oxygen atoms in total. The Kier molecular flexibility index (Phi) is 5.19. The molecular formula is C13H22N2O3. The van der Waals surface area contributed by atoms with Crippen molar-refractivity contribution in [1.82, 2.24) is 10.6 Å². The minimum atomic E-state index is -1.11. The van der Waals surface area contributed by atoms with Gasteiger partial charge in [0.05, 0.1) is 0 Å². The topological polar surface area (TPSA) is 78.4 Å². The highest BCUT2D eigenvalue weighted by atomic mass is 16.4. The van der Waals surface area contributed by atoms with Gasteiger partial charge in [0.25, 0.3) is 0 Å². The molecule has 0 bridgehead atoms. The number of carbonyl (C=O) groups is 2. The van der Waals surface area contributed by atoms with Crippen molar-refractivity contribution >= 4 is 12.0 Å². The second kappa shape index (κ2) is 6.42. The zero-order chi connectivity index (χ0) is 13.6. The molecule has 0 radical (unpaired) electrons. The summed E-state index contributed by atoms with van der Waals surface area (Å²) >= 11 is 0. The number of carboxylic acids is 1. The molecule has 0 aromatic carbocycles. The molecule has 1 unspecified atom stereocenters. The standard InChI is InChI=1S/C13H22N2O3/c1-3-10(2)14-12(18)15-13(11(16)17)8-6-4-5-7-9-13/h3,10H,1,4-9H2,2H3,(H,16,17)(H2,14,15,18). The third kappa shape index (κ3) is 3.75. The number of urea groups is 1. The molecule has 0 saturated heterocycles. The number of amides is 2. The van der Waals surface area contributed by atoms with Crippen LogP contribution < -0.4 is 10.6 Å². The summed E-state index contributed by atoms with van der Waals surface area (Å²) in [5, 5.41) is 14.7. The summed E-state index contributed by atoms with van der Waals surface area (Å²) in [5.74, 6) is -0.939. The molecule has 3 N–H and O–H groups in total. The summed E-state index contributed by atoms with van der Waals surface area (Å²) in [6.45, 7) is 5.35. The fourth-order valence-corrected chi connectivity index (χ4v) is 2.24. The third-order valence-corrected chi connectivity index (χ3v) is 3.43. The summed E-state index contributed by atoms with van der Waals surface area (Å²) in [5.41, 5.74) is -1.11. The Morgan fingerprint density at radius 2 is 1.83 bits per heavy atom. The quantitative estimate of drug-likeness (QED) is 0.530. The molecule has 1 aliphatic rings. The summed E-state index contributed by atoms with van der Waals surface area (Å²) < 4.78 is 0. The van der Waals surface area contributed by atoms with Gasteiger partial charge >= 0.3 is 12.0 Å². The van der Waals surface area contributed by atoms with Gasteiger partial charge in [-0.25, -0.2) is 9.59 Å². The lowest BCUT2D eigenvalue weighted by molar-refractivity contribution is -0.145. The van der Waals surface area contributed by atoms with Gasteiger partial charge in [-0.3, -0.25) is 0 Å². The number of hydrogen-bond acceptors (Lipinski definition) is 2. The fourth-order valence-electron chi connectivity index (χ4n) is 2.24.